The van der Waals surface area contributed by atoms with Gasteiger partial charge in [-0.25, -0.2) is 4.98 Å². The molecule has 4 aromatic rings. The molecule has 0 unspecified atom stereocenters. The lowest BCUT2D eigenvalue weighted by molar-refractivity contribution is -0.137. The second-order valence-corrected chi connectivity index (χ2v) is 8.51. The number of carboxylic acids is 1. The number of carbonyl (C=O) groups is 1. The Morgan fingerprint density at radius 3 is 2.73 bits per heavy atom. The van der Waals surface area contributed by atoms with Gasteiger partial charge in [0.05, 0.1) is 25.2 Å². The van der Waals surface area contributed by atoms with Crippen LogP contribution in [-0.4, -0.2) is 57.1 Å². The molecule has 5 heterocycles. The van der Waals surface area contributed by atoms with Gasteiger partial charge in [0, 0.05) is 53.9 Å². The predicted molar refractivity (Wildman–Crippen MR) is 121 cm³/mol. The van der Waals surface area contributed by atoms with Crippen LogP contribution in [0.25, 0.3) is 33.7 Å². The summed E-state index contributed by atoms with van der Waals surface area (Å²) in [6.45, 7) is 3.94. The molecule has 0 amide bonds. The lowest BCUT2D eigenvalue weighted by Gasteiger charge is -2.27. The molecule has 0 aliphatic carbocycles. The Morgan fingerprint density at radius 1 is 1.09 bits per heavy atom. The first-order chi connectivity index (χ1) is 16.2. The first-order valence-electron chi connectivity index (χ1n) is 11.1. The third kappa shape index (κ3) is 3.64. The molecule has 168 valence electrons. The molecule has 0 radical (unpaired) electrons. The van der Waals surface area contributed by atoms with E-state index in [1.165, 1.54) is 0 Å². The zero-order valence-electron chi connectivity index (χ0n) is 18.0. The average Bonchev–Trinajstić information content (AvgIpc) is 3.56. The number of pyridine rings is 1. The second-order valence-electron chi connectivity index (χ2n) is 8.51. The molecule has 1 saturated heterocycles. The molecule has 1 aromatic carbocycles. The summed E-state index contributed by atoms with van der Waals surface area (Å²) < 4.78 is 13.1. The SMILES string of the molecule is O=C(O)C[C@@H]1CCn2c1cc1cc(-c3noc(-c4ccc(N5CCOCC5)nc4)n3)ccc12. The molecule has 6 rings (SSSR count). The van der Waals surface area contributed by atoms with Gasteiger partial charge in [-0.3, -0.25) is 4.79 Å². The predicted octanol–water partition coefficient (Wildman–Crippen LogP) is 3.55. The fraction of sp³-hybridized carbons (Fsp3) is 0.333. The molecular weight excluding hydrogens is 422 g/mol. The van der Waals surface area contributed by atoms with Crippen molar-refractivity contribution in [1.29, 1.82) is 0 Å². The average molecular weight is 445 g/mol. The molecule has 1 fully saturated rings. The molecule has 0 spiro atoms. The topological polar surface area (TPSA) is 107 Å². The van der Waals surface area contributed by atoms with E-state index in [4.69, 9.17) is 9.26 Å². The standard InChI is InChI=1S/C24H23N5O4/c30-22(31)13-15-5-6-29-19-3-1-16(11-18(19)12-20(15)29)23-26-24(33-27-23)17-2-4-21(25-14-17)28-7-9-32-10-8-28/h1-4,11-12,14-15H,5-10,13H2,(H,30,31)/t15-/m0/s1. The lowest BCUT2D eigenvalue weighted by Crippen LogP contribution is -2.36. The summed E-state index contributed by atoms with van der Waals surface area (Å²) in [6, 6.07) is 12.1. The van der Waals surface area contributed by atoms with E-state index >= 15 is 0 Å². The van der Waals surface area contributed by atoms with Gasteiger partial charge in [-0.05, 0) is 42.8 Å². The molecule has 1 N–H and O–H groups in total. The number of aromatic nitrogens is 4. The number of morpholine rings is 1. The Bertz CT molecular complexity index is 1320. The van der Waals surface area contributed by atoms with Crippen molar-refractivity contribution in [3.63, 3.8) is 0 Å². The third-order valence-electron chi connectivity index (χ3n) is 6.49. The Kier molecular flexibility index (Phi) is 4.83. The minimum atomic E-state index is -0.758. The number of ether oxygens (including phenoxy) is 1. The fourth-order valence-corrected chi connectivity index (χ4v) is 4.82. The highest BCUT2D eigenvalue weighted by Gasteiger charge is 2.27. The molecule has 0 saturated carbocycles. The quantitative estimate of drug-likeness (QED) is 0.497. The lowest BCUT2D eigenvalue weighted by atomic mass is 10.0. The van der Waals surface area contributed by atoms with Gasteiger partial charge >= 0.3 is 5.97 Å². The molecular formula is C24H23N5O4. The molecule has 2 aliphatic heterocycles. The Morgan fingerprint density at radius 2 is 1.94 bits per heavy atom. The van der Waals surface area contributed by atoms with Gasteiger partial charge in [-0.1, -0.05) is 5.16 Å². The number of aryl methyl sites for hydroxylation is 1. The number of anilines is 1. The van der Waals surface area contributed by atoms with Gasteiger partial charge < -0.3 is 23.8 Å². The molecule has 3 aromatic heterocycles. The monoisotopic (exact) mass is 445 g/mol. The van der Waals surface area contributed by atoms with Gasteiger partial charge in [0.2, 0.25) is 5.82 Å². The van der Waals surface area contributed by atoms with Crippen molar-refractivity contribution in [2.45, 2.75) is 25.3 Å². The maximum absolute atomic E-state index is 11.2. The highest BCUT2D eigenvalue weighted by Crippen LogP contribution is 2.37. The number of carboxylic acid groups (broad SMARTS) is 1. The van der Waals surface area contributed by atoms with Crippen LogP contribution in [0, 0.1) is 0 Å². The van der Waals surface area contributed by atoms with Crippen LogP contribution in [-0.2, 0) is 16.1 Å². The molecule has 9 heteroatoms. The Hall–Kier alpha value is -3.72. The van der Waals surface area contributed by atoms with Gasteiger partial charge in [-0.15, -0.1) is 0 Å². The van der Waals surface area contributed by atoms with Crippen LogP contribution in [0.3, 0.4) is 0 Å². The summed E-state index contributed by atoms with van der Waals surface area (Å²) in [7, 11) is 0. The molecule has 2 aliphatic rings. The number of hydrogen-bond donors (Lipinski definition) is 1. The van der Waals surface area contributed by atoms with E-state index in [0.29, 0.717) is 24.9 Å². The summed E-state index contributed by atoms with van der Waals surface area (Å²) in [5.74, 6) is 1.15. The summed E-state index contributed by atoms with van der Waals surface area (Å²) in [6.07, 6.45) is 2.79. The highest BCUT2D eigenvalue weighted by atomic mass is 16.5. The molecule has 33 heavy (non-hydrogen) atoms. The van der Waals surface area contributed by atoms with Crippen LogP contribution in [0.15, 0.2) is 47.1 Å². The summed E-state index contributed by atoms with van der Waals surface area (Å²) in [5.41, 5.74) is 3.82. The van der Waals surface area contributed by atoms with Gasteiger partial charge in [0.15, 0.2) is 0 Å². The van der Waals surface area contributed by atoms with E-state index in [0.717, 1.165) is 59.6 Å². The van der Waals surface area contributed by atoms with Gasteiger partial charge in [-0.2, -0.15) is 4.98 Å². The van der Waals surface area contributed by atoms with E-state index < -0.39 is 5.97 Å². The van der Waals surface area contributed by atoms with Crippen molar-refractivity contribution in [1.82, 2.24) is 19.7 Å². The van der Waals surface area contributed by atoms with Crippen LogP contribution in [0.2, 0.25) is 0 Å². The van der Waals surface area contributed by atoms with Crippen LogP contribution in [0.5, 0.6) is 0 Å². The van der Waals surface area contributed by atoms with Gasteiger partial charge in [0.25, 0.3) is 5.89 Å². The first kappa shape index (κ1) is 19.9. The van der Waals surface area contributed by atoms with Crippen LogP contribution in [0.4, 0.5) is 5.82 Å². The van der Waals surface area contributed by atoms with Gasteiger partial charge in [0.1, 0.15) is 5.82 Å². The van der Waals surface area contributed by atoms with Crippen molar-refractivity contribution >= 4 is 22.7 Å². The summed E-state index contributed by atoms with van der Waals surface area (Å²) in [4.78, 5) is 22.5. The first-order valence-corrected chi connectivity index (χ1v) is 11.1. The van der Waals surface area contributed by atoms with Crippen LogP contribution >= 0.6 is 0 Å². The van der Waals surface area contributed by atoms with E-state index in [-0.39, 0.29) is 12.3 Å². The second kappa shape index (κ2) is 8.00. The highest BCUT2D eigenvalue weighted by molar-refractivity contribution is 5.86. The van der Waals surface area contributed by atoms with Crippen molar-refractivity contribution < 1.29 is 19.2 Å². The van der Waals surface area contributed by atoms with Crippen LogP contribution < -0.4 is 4.90 Å². The smallest absolute Gasteiger partial charge is 0.304 e. The summed E-state index contributed by atoms with van der Waals surface area (Å²) in [5, 5.41) is 14.4. The number of benzene rings is 1. The third-order valence-corrected chi connectivity index (χ3v) is 6.49. The van der Waals surface area contributed by atoms with E-state index in [1.54, 1.807) is 6.20 Å². The Labute approximate surface area is 189 Å². The zero-order chi connectivity index (χ0) is 22.4. The summed E-state index contributed by atoms with van der Waals surface area (Å²) >= 11 is 0. The Balaban J connectivity index is 1.25. The van der Waals surface area contributed by atoms with E-state index in [9.17, 15) is 9.90 Å². The molecule has 9 nitrogen and oxygen atoms in total. The largest absolute Gasteiger partial charge is 0.481 e. The molecule has 0 bridgehead atoms. The number of rotatable bonds is 5. The maximum atomic E-state index is 11.2. The number of fused-ring (bicyclic) bond motifs is 3. The zero-order valence-corrected chi connectivity index (χ0v) is 18.0. The minimum Gasteiger partial charge on any atom is -0.481 e. The van der Waals surface area contributed by atoms with E-state index in [2.05, 4.69) is 30.7 Å². The fourth-order valence-electron chi connectivity index (χ4n) is 4.82. The maximum Gasteiger partial charge on any atom is 0.304 e. The van der Waals surface area contributed by atoms with Crippen molar-refractivity contribution in [2.24, 2.45) is 0 Å². The van der Waals surface area contributed by atoms with E-state index in [1.807, 2.05) is 30.3 Å². The minimum absolute atomic E-state index is 0.0584. The van der Waals surface area contributed by atoms with Crippen molar-refractivity contribution in [3.8, 4) is 22.8 Å². The van der Waals surface area contributed by atoms with Crippen LogP contribution in [0.1, 0.15) is 24.5 Å². The number of aliphatic carboxylic acids is 1. The number of hydrogen-bond acceptors (Lipinski definition) is 7. The normalized spacial score (nSPS) is 18.1. The van der Waals surface area contributed by atoms with Crippen molar-refractivity contribution in [3.05, 3.63) is 48.3 Å². The molecule has 1 atom stereocenters. The number of nitrogens with zero attached hydrogens (tertiary/aromatic N) is 5. The van der Waals surface area contributed by atoms with Crippen molar-refractivity contribution in [2.75, 3.05) is 31.2 Å².